The van der Waals surface area contributed by atoms with E-state index in [2.05, 4.69) is 25.7 Å². The largest absolute Gasteiger partial charge is 0.508 e. The fourth-order valence-corrected chi connectivity index (χ4v) is 3.84. The first kappa shape index (κ1) is 21.8. The summed E-state index contributed by atoms with van der Waals surface area (Å²) in [5.74, 6) is -0.839. The number of aromatic nitrogens is 4. The van der Waals surface area contributed by atoms with Gasteiger partial charge in [0, 0.05) is 37.2 Å². The highest BCUT2D eigenvalue weighted by atomic mass is 19.1. The zero-order chi connectivity index (χ0) is 23.7. The highest BCUT2D eigenvalue weighted by molar-refractivity contribution is 5.90. The molecule has 4 aromatic rings. The van der Waals surface area contributed by atoms with Crippen molar-refractivity contribution in [2.24, 2.45) is 0 Å². The molecule has 0 amide bonds. The zero-order valence-corrected chi connectivity index (χ0v) is 18.3. The van der Waals surface area contributed by atoms with Crippen LogP contribution in [0, 0.1) is 11.6 Å². The number of methoxy groups -OCH3 is 1. The number of aromatic hydroxyl groups is 1. The molecule has 1 aliphatic heterocycles. The SMILES string of the molecule is COc1cc(F)c(Nc2nn(C3CCOCC3)c3nc(Nc4ccc(O)cc4)ncc23)c(F)c1. The van der Waals surface area contributed by atoms with E-state index >= 15 is 0 Å². The Labute approximate surface area is 193 Å². The molecule has 11 heteroatoms. The van der Waals surface area contributed by atoms with Gasteiger partial charge in [-0.3, -0.25) is 0 Å². The molecule has 1 fully saturated rings. The first-order valence-electron chi connectivity index (χ1n) is 10.7. The number of phenols is 1. The van der Waals surface area contributed by atoms with E-state index in [0.717, 1.165) is 25.0 Å². The van der Waals surface area contributed by atoms with E-state index in [9.17, 15) is 13.9 Å². The Hall–Kier alpha value is -3.99. The van der Waals surface area contributed by atoms with Crippen LogP contribution in [-0.4, -0.2) is 45.2 Å². The van der Waals surface area contributed by atoms with Crippen LogP contribution < -0.4 is 15.4 Å². The normalized spacial score (nSPS) is 14.3. The van der Waals surface area contributed by atoms with Gasteiger partial charge < -0.3 is 25.2 Å². The van der Waals surface area contributed by atoms with Crippen molar-refractivity contribution in [3.05, 3.63) is 54.2 Å². The molecular formula is C23H22F2N6O3. The Morgan fingerprint density at radius 1 is 1.09 bits per heavy atom. The van der Waals surface area contributed by atoms with Gasteiger partial charge in [-0.2, -0.15) is 10.1 Å². The smallest absolute Gasteiger partial charge is 0.229 e. The zero-order valence-electron chi connectivity index (χ0n) is 18.3. The van der Waals surface area contributed by atoms with Crippen molar-refractivity contribution in [2.45, 2.75) is 18.9 Å². The number of hydrogen-bond donors (Lipinski definition) is 3. The lowest BCUT2D eigenvalue weighted by atomic mass is 10.1. The molecule has 3 N–H and O–H groups in total. The third kappa shape index (κ3) is 4.29. The van der Waals surface area contributed by atoms with Gasteiger partial charge in [-0.05, 0) is 37.1 Å². The monoisotopic (exact) mass is 468 g/mol. The number of anilines is 4. The summed E-state index contributed by atoms with van der Waals surface area (Å²) in [7, 11) is 1.34. The van der Waals surface area contributed by atoms with Crippen molar-refractivity contribution >= 4 is 34.2 Å². The summed E-state index contributed by atoms with van der Waals surface area (Å²) in [5, 5.41) is 20.5. The molecule has 3 heterocycles. The number of benzene rings is 2. The molecule has 2 aromatic carbocycles. The maximum absolute atomic E-state index is 14.6. The lowest BCUT2D eigenvalue weighted by molar-refractivity contribution is 0.0674. The number of phenolic OH excluding ortho intramolecular Hbond substituents is 1. The second-order valence-corrected chi connectivity index (χ2v) is 7.83. The molecule has 9 nitrogen and oxygen atoms in total. The number of fused-ring (bicyclic) bond motifs is 1. The van der Waals surface area contributed by atoms with Gasteiger partial charge in [-0.1, -0.05) is 0 Å². The number of hydrogen-bond acceptors (Lipinski definition) is 8. The average molecular weight is 468 g/mol. The van der Waals surface area contributed by atoms with Gasteiger partial charge in [-0.15, -0.1) is 0 Å². The van der Waals surface area contributed by atoms with Crippen LogP contribution >= 0.6 is 0 Å². The van der Waals surface area contributed by atoms with Crippen LogP contribution in [-0.2, 0) is 4.74 Å². The van der Waals surface area contributed by atoms with Crippen LogP contribution in [0.3, 0.4) is 0 Å². The number of ether oxygens (including phenoxy) is 2. The van der Waals surface area contributed by atoms with Crippen molar-refractivity contribution in [1.82, 2.24) is 19.7 Å². The Morgan fingerprint density at radius 2 is 1.79 bits per heavy atom. The fraction of sp³-hybridized carbons (Fsp3) is 0.261. The van der Waals surface area contributed by atoms with Crippen molar-refractivity contribution in [1.29, 1.82) is 0 Å². The Kier molecular flexibility index (Phi) is 5.84. The summed E-state index contributed by atoms with van der Waals surface area (Å²) in [6.45, 7) is 1.17. The molecular weight excluding hydrogens is 446 g/mol. The summed E-state index contributed by atoms with van der Waals surface area (Å²) in [4.78, 5) is 8.98. The minimum atomic E-state index is -0.808. The quantitative estimate of drug-likeness (QED) is 0.351. The molecule has 2 aromatic heterocycles. The molecule has 0 aliphatic carbocycles. The molecule has 1 aliphatic rings. The predicted octanol–water partition coefficient (Wildman–Crippen LogP) is 4.66. The van der Waals surface area contributed by atoms with Crippen molar-refractivity contribution in [3.8, 4) is 11.5 Å². The van der Waals surface area contributed by atoms with Crippen molar-refractivity contribution < 1.29 is 23.4 Å². The Bertz CT molecular complexity index is 1300. The van der Waals surface area contributed by atoms with Crippen LogP contribution in [0.5, 0.6) is 11.5 Å². The summed E-state index contributed by atoms with van der Waals surface area (Å²) in [5.41, 5.74) is 0.862. The fourth-order valence-electron chi connectivity index (χ4n) is 3.84. The average Bonchev–Trinajstić information content (AvgIpc) is 3.21. The minimum absolute atomic E-state index is 0.00813. The maximum Gasteiger partial charge on any atom is 0.229 e. The van der Waals surface area contributed by atoms with Gasteiger partial charge in [0.2, 0.25) is 5.95 Å². The van der Waals surface area contributed by atoms with Crippen LogP contribution in [0.1, 0.15) is 18.9 Å². The predicted molar refractivity (Wildman–Crippen MR) is 122 cm³/mol. The lowest BCUT2D eigenvalue weighted by Gasteiger charge is -2.22. The highest BCUT2D eigenvalue weighted by Crippen LogP contribution is 2.33. The molecule has 0 atom stereocenters. The van der Waals surface area contributed by atoms with Crippen molar-refractivity contribution in [2.75, 3.05) is 31.0 Å². The Balaban J connectivity index is 1.55. The van der Waals surface area contributed by atoms with Crippen LogP contribution in [0.25, 0.3) is 11.0 Å². The Morgan fingerprint density at radius 3 is 2.47 bits per heavy atom. The summed E-state index contributed by atoms with van der Waals surface area (Å²) < 4.78 is 41.3. The summed E-state index contributed by atoms with van der Waals surface area (Å²) in [6, 6.07) is 8.69. The van der Waals surface area contributed by atoms with Crippen LogP contribution in [0.2, 0.25) is 0 Å². The van der Waals surface area contributed by atoms with E-state index in [1.807, 2.05) is 0 Å². The van der Waals surface area contributed by atoms with E-state index < -0.39 is 11.6 Å². The molecule has 0 unspecified atom stereocenters. The van der Waals surface area contributed by atoms with Crippen molar-refractivity contribution in [3.63, 3.8) is 0 Å². The van der Waals surface area contributed by atoms with E-state index in [-0.39, 0.29) is 29.0 Å². The molecule has 0 spiro atoms. The number of rotatable bonds is 6. The first-order valence-corrected chi connectivity index (χ1v) is 10.7. The molecule has 0 saturated carbocycles. The molecule has 34 heavy (non-hydrogen) atoms. The number of halogens is 2. The van der Waals surface area contributed by atoms with E-state index in [0.29, 0.717) is 35.9 Å². The van der Waals surface area contributed by atoms with Gasteiger partial charge >= 0.3 is 0 Å². The second kappa shape index (κ2) is 9.10. The highest BCUT2D eigenvalue weighted by Gasteiger charge is 2.24. The van der Waals surface area contributed by atoms with Crippen LogP contribution in [0.4, 0.5) is 31.9 Å². The topological polar surface area (TPSA) is 106 Å². The molecule has 0 radical (unpaired) electrons. The van der Waals surface area contributed by atoms with Gasteiger partial charge in [0.1, 0.15) is 17.2 Å². The summed E-state index contributed by atoms with van der Waals surface area (Å²) >= 11 is 0. The molecule has 1 saturated heterocycles. The third-order valence-electron chi connectivity index (χ3n) is 5.60. The van der Waals surface area contributed by atoms with Gasteiger partial charge in [0.05, 0.1) is 18.5 Å². The maximum atomic E-state index is 14.6. The van der Waals surface area contributed by atoms with E-state index in [1.165, 1.54) is 7.11 Å². The second-order valence-electron chi connectivity index (χ2n) is 7.83. The molecule has 5 rings (SSSR count). The molecule has 176 valence electrons. The van der Waals surface area contributed by atoms with Gasteiger partial charge in [0.15, 0.2) is 23.1 Å². The number of nitrogens with one attached hydrogen (secondary N) is 2. The van der Waals surface area contributed by atoms with Gasteiger partial charge in [-0.25, -0.2) is 18.4 Å². The minimum Gasteiger partial charge on any atom is -0.508 e. The third-order valence-corrected chi connectivity index (χ3v) is 5.60. The molecule has 0 bridgehead atoms. The van der Waals surface area contributed by atoms with E-state index in [1.54, 1.807) is 35.1 Å². The standard InChI is InChI=1S/C23H22F2N6O3/c1-33-16-10-18(24)20(19(25)11-16)28-21-17-12-26-23(27-13-2-4-15(32)5-3-13)29-22(17)31(30-21)14-6-8-34-9-7-14/h2-5,10-12,14,32H,6-9H2,1H3,(H,28,30)(H,26,27,29). The van der Waals surface area contributed by atoms with Crippen LogP contribution in [0.15, 0.2) is 42.6 Å². The lowest BCUT2D eigenvalue weighted by Crippen LogP contribution is -2.21. The summed E-state index contributed by atoms with van der Waals surface area (Å²) in [6.07, 6.45) is 3.01. The van der Waals surface area contributed by atoms with E-state index in [4.69, 9.17) is 9.47 Å². The number of nitrogens with zero attached hydrogens (tertiary/aromatic N) is 4. The first-order chi connectivity index (χ1) is 16.5. The van der Waals surface area contributed by atoms with Gasteiger partial charge in [0.25, 0.3) is 0 Å².